The van der Waals surface area contributed by atoms with Gasteiger partial charge in [-0.3, -0.25) is 9.89 Å². The Balaban J connectivity index is 2.08. The number of halogens is 3. The van der Waals surface area contributed by atoms with Crippen LogP contribution in [0.15, 0.2) is 22.7 Å². The fraction of sp³-hybridized carbons (Fsp3) is 0.286. The average molecular weight is 391 g/mol. The van der Waals surface area contributed by atoms with Crippen molar-refractivity contribution >= 4 is 45.0 Å². The third-order valence-electron chi connectivity index (χ3n) is 2.98. The number of aromatic nitrogens is 2. The van der Waals surface area contributed by atoms with Crippen molar-refractivity contribution in [2.45, 2.75) is 26.3 Å². The number of H-pyrrole nitrogens is 1. The van der Waals surface area contributed by atoms with Crippen molar-refractivity contribution in [3.63, 3.8) is 0 Å². The second-order valence-electron chi connectivity index (χ2n) is 4.87. The maximum atomic E-state index is 12.2. The van der Waals surface area contributed by atoms with E-state index in [-0.39, 0.29) is 11.8 Å². The van der Waals surface area contributed by atoms with Crippen molar-refractivity contribution < 1.29 is 4.79 Å². The third-order valence-corrected chi connectivity index (χ3v) is 4.37. The molecule has 1 aromatic heterocycles. The molecule has 0 atom stereocenters. The molecular weight excluding hydrogens is 377 g/mol. The molecule has 112 valence electrons. The molecule has 1 amide bonds. The summed E-state index contributed by atoms with van der Waals surface area (Å²) in [7, 11) is 0. The molecule has 21 heavy (non-hydrogen) atoms. The molecule has 0 aliphatic rings. The van der Waals surface area contributed by atoms with E-state index in [0.717, 1.165) is 11.3 Å². The molecule has 2 rings (SSSR count). The van der Waals surface area contributed by atoms with Crippen molar-refractivity contribution in [1.82, 2.24) is 15.5 Å². The summed E-state index contributed by atoms with van der Waals surface area (Å²) in [5.74, 6) is -0.0184. The number of hydrogen-bond donors (Lipinski definition) is 2. The molecule has 0 aliphatic heterocycles. The largest absolute Gasteiger partial charge is 0.346 e. The molecule has 0 saturated carbocycles. The standard InChI is InChI=1S/C14H14BrCl2N3O/c1-7(2)12-11(15)13(20-19-12)14(21)18-6-8-3-4-9(16)5-10(8)17/h3-5,7H,6H2,1-2H3,(H,18,21)(H,19,20). The fourth-order valence-electron chi connectivity index (χ4n) is 1.80. The van der Waals surface area contributed by atoms with E-state index in [1.54, 1.807) is 18.2 Å². The molecule has 2 aromatic rings. The average Bonchev–Trinajstić information content (AvgIpc) is 2.79. The number of amides is 1. The highest BCUT2D eigenvalue weighted by atomic mass is 79.9. The molecule has 0 fully saturated rings. The molecule has 0 aliphatic carbocycles. The van der Waals surface area contributed by atoms with Gasteiger partial charge in [0.2, 0.25) is 0 Å². The van der Waals surface area contributed by atoms with Crippen LogP contribution in [0.3, 0.4) is 0 Å². The molecule has 2 N–H and O–H groups in total. The SMILES string of the molecule is CC(C)c1[nH]nc(C(=O)NCc2ccc(Cl)cc2Cl)c1Br. The first-order valence-corrected chi connectivity index (χ1v) is 7.91. The molecular formula is C14H14BrCl2N3O. The van der Waals surface area contributed by atoms with E-state index in [9.17, 15) is 4.79 Å². The first-order chi connectivity index (χ1) is 9.90. The first-order valence-electron chi connectivity index (χ1n) is 6.36. The highest BCUT2D eigenvalue weighted by Crippen LogP contribution is 2.26. The van der Waals surface area contributed by atoms with Gasteiger partial charge < -0.3 is 5.32 Å². The zero-order chi connectivity index (χ0) is 15.6. The summed E-state index contributed by atoms with van der Waals surface area (Å²) in [6.07, 6.45) is 0. The van der Waals surface area contributed by atoms with Crippen LogP contribution in [0, 0.1) is 0 Å². The van der Waals surface area contributed by atoms with Crippen molar-refractivity contribution in [3.05, 3.63) is 49.7 Å². The monoisotopic (exact) mass is 389 g/mol. The predicted octanol–water partition coefficient (Wildman–Crippen LogP) is 4.53. The fourth-order valence-corrected chi connectivity index (χ4v) is 3.09. The van der Waals surface area contributed by atoms with Gasteiger partial charge in [0.25, 0.3) is 5.91 Å². The van der Waals surface area contributed by atoms with E-state index in [0.29, 0.717) is 26.8 Å². The Bertz CT molecular complexity index is 670. The Morgan fingerprint density at radius 1 is 1.43 bits per heavy atom. The number of rotatable bonds is 4. The third kappa shape index (κ3) is 3.78. The van der Waals surface area contributed by atoms with Gasteiger partial charge in [0, 0.05) is 16.6 Å². The molecule has 0 spiro atoms. The molecule has 1 aromatic carbocycles. The lowest BCUT2D eigenvalue weighted by molar-refractivity contribution is 0.0945. The Hall–Kier alpha value is -1.04. The van der Waals surface area contributed by atoms with Crippen LogP contribution in [0.25, 0.3) is 0 Å². The van der Waals surface area contributed by atoms with E-state index in [1.165, 1.54) is 0 Å². The van der Waals surface area contributed by atoms with E-state index in [4.69, 9.17) is 23.2 Å². The number of carbonyl (C=O) groups is 1. The van der Waals surface area contributed by atoms with Crippen molar-refractivity contribution in [1.29, 1.82) is 0 Å². The number of benzene rings is 1. The van der Waals surface area contributed by atoms with Crippen LogP contribution >= 0.6 is 39.1 Å². The highest BCUT2D eigenvalue weighted by Gasteiger charge is 2.19. The van der Waals surface area contributed by atoms with Crippen LogP contribution in [-0.2, 0) is 6.54 Å². The molecule has 7 heteroatoms. The molecule has 4 nitrogen and oxygen atoms in total. The lowest BCUT2D eigenvalue weighted by Gasteiger charge is -2.06. The topological polar surface area (TPSA) is 57.8 Å². The predicted molar refractivity (Wildman–Crippen MR) is 88.0 cm³/mol. The van der Waals surface area contributed by atoms with Crippen LogP contribution in [0.2, 0.25) is 10.0 Å². The summed E-state index contributed by atoms with van der Waals surface area (Å²) < 4.78 is 0.692. The van der Waals surface area contributed by atoms with Gasteiger partial charge in [-0.15, -0.1) is 0 Å². The number of carbonyl (C=O) groups excluding carboxylic acids is 1. The van der Waals surface area contributed by atoms with Crippen molar-refractivity contribution in [2.75, 3.05) is 0 Å². The van der Waals surface area contributed by atoms with Gasteiger partial charge in [0.05, 0.1) is 10.2 Å². The Morgan fingerprint density at radius 3 is 2.71 bits per heavy atom. The number of hydrogen-bond acceptors (Lipinski definition) is 2. The van der Waals surface area contributed by atoms with Crippen LogP contribution in [0.4, 0.5) is 0 Å². The van der Waals surface area contributed by atoms with Gasteiger partial charge in [-0.05, 0) is 39.5 Å². The summed E-state index contributed by atoms with van der Waals surface area (Å²) in [6, 6.07) is 5.16. The lowest BCUT2D eigenvalue weighted by atomic mass is 10.1. The Labute approximate surface area is 141 Å². The second kappa shape index (κ2) is 6.81. The zero-order valence-electron chi connectivity index (χ0n) is 11.5. The molecule has 0 bridgehead atoms. The molecule has 0 radical (unpaired) electrons. The van der Waals surface area contributed by atoms with E-state index in [1.807, 2.05) is 13.8 Å². The van der Waals surface area contributed by atoms with Crippen LogP contribution < -0.4 is 5.32 Å². The first kappa shape index (κ1) is 16.3. The minimum Gasteiger partial charge on any atom is -0.346 e. The lowest BCUT2D eigenvalue weighted by Crippen LogP contribution is -2.23. The maximum Gasteiger partial charge on any atom is 0.273 e. The Kier molecular flexibility index (Phi) is 5.30. The van der Waals surface area contributed by atoms with Gasteiger partial charge >= 0.3 is 0 Å². The maximum absolute atomic E-state index is 12.2. The van der Waals surface area contributed by atoms with Gasteiger partial charge in [-0.2, -0.15) is 5.10 Å². The van der Waals surface area contributed by atoms with Gasteiger partial charge in [0.1, 0.15) is 0 Å². The number of aromatic amines is 1. The highest BCUT2D eigenvalue weighted by molar-refractivity contribution is 9.10. The number of nitrogens with one attached hydrogen (secondary N) is 2. The van der Waals surface area contributed by atoms with Gasteiger partial charge in [-0.25, -0.2) is 0 Å². The Morgan fingerprint density at radius 2 is 2.14 bits per heavy atom. The van der Waals surface area contributed by atoms with Crippen molar-refractivity contribution in [3.8, 4) is 0 Å². The summed E-state index contributed by atoms with van der Waals surface area (Å²) in [5, 5.41) is 10.8. The second-order valence-corrected chi connectivity index (χ2v) is 6.51. The summed E-state index contributed by atoms with van der Waals surface area (Å²) in [6.45, 7) is 4.35. The van der Waals surface area contributed by atoms with E-state index < -0.39 is 0 Å². The van der Waals surface area contributed by atoms with Gasteiger partial charge in [0.15, 0.2) is 5.69 Å². The summed E-state index contributed by atoms with van der Waals surface area (Å²) >= 11 is 15.3. The van der Waals surface area contributed by atoms with Gasteiger partial charge in [-0.1, -0.05) is 43.1 Å². The minimum absolute atomic E-state index is 0.249. The molecule has 0 saturated heterocycles. The van der Waals surface area contributed by atoms with Crippen LogP contribution in [-0.4, -0.2) is 16.1 Å². The minimum atomic E-state index is -0.268. The van der Waals surface area contributed by atoms with E-state index in [2.05, 4.69) is 31.4 Å². The quantitative estimate of drug-likeness (QED) is 0.805. The summed E-state index contributed by atoms with van der Waals surface area (Å²) in [4.78, 5) is 12.2. The molecule has 1 heterocycles. The summed E-state index contributed by atoms with van der Waals surface area (Å²) in [5.41, 5.74) is 2.03. The van der Waals surface area contributed by atoms with Crippen molar-refractivity contribution in [2.24, 2.45) is 0 Å². The van der Waals surface area contributed by atoms with Crippen LogP contribution in [0.1, 0.15) is 41.5 Å². The smallest absolute Gasteiger partial charge is 0.273 e. The van der Waals surface area contributed by atoms with Crippen LogP contribution in [0.5, 0.6) is 0 Å². The number of nitrogens with zero attached hydrogens (tertiary/aromatic N) is 1. The molecule has 0 unspecified atom stereocenters. The van der Waals surface area contributed by atoms with E-state index >= 15 is 0 Å². The normalized spacial score (nSPS) is 11.0. The zero-order valence-corrected chi connectivity index (χ0v) is 14.6.